The van der Waals surface area contributed by atoms with Crippen molar-refractivity contribution in [3.8, 4) is 17.1 Å². The summed E-state index contributed by atoms with van der Waals surface area (Å²) in [4.78, 5) is 13.7. The molecule has 4 aromatic rings. The van der Waals surface area contributed by atoms with Crippen LogP contribution in [0.25, 0.3) is 11.4 Å². The molecule has 0 aliphatic heterocycles. The summed E-state index contributed by atoms with van der Waals surface area (Å²) in [5.41, 5.74) is 1.70. The van der Waals surface area contributed by atoms with Gasteiger partial charge >= 0.3 is 0 Å². The average Bonchev–Trinajstić information content (AvgIpc) is 3.35. The Morgan fingerprint density at radius 1 is 1.00 bits per heavy atom. The van der Waals surface area contributed by atoms with Gasteiger partial charge in [-0.15, -0.1) is 15.0 Å². The van der Waals surface area contributed by atoms with Crippen molar-refractivity contribution in [2.45, 2.75) is 6.67 Å². The predicted molar refractivity (Wildman–Crippen MR) is 96.9 cm³/mol. The van der Waals surface area contributed by atoms with Crippen molar-refractivity contribution in [3.05, 3.63) is 72.6 Å². The summed E-state index contributed by atoms with van der Waals surface area (Å²) in [6, 6.07) is 17.3. The first kappa shape index (κ1) is 16.5. The number of nitrogens with one attached hydrogen (secondary N) is 1. The first-order valence-corrected chi connectivity index (χ1v) is 8.14. The highest BCUT2D eigenvalue weighted by molar-refractivity contribution is 6.02. The Morgan fingerprint density at radius 2 is 1.78 bits per heavy atom. The molecule has 27 heavy (non-hydrogen) atoms. The van der Waals surface area contributed by atoms with Crippen molar-refractivity contribution in [2.24, 2.45) is 0 Å². The first-order valence-electron chi connectivity index (χ1n) is 8.14. The van der Waals surface area contributed by atoms with Crippen LogP contribution >= 0.6 is 0 Å². The van der Waals surface area contributed by atoms with Crippen LogP contribution in [0.1, 0.15) is 10.5 Å². The van der Waals surface area contributed by atoms with Gasteiger partial charge in [0, 0.05) is 17.4 Å². The molecule has 9 heteroatoms. The van der Waals surface area contributed by atoms with E-state index in [1.54, 1.807) is 29.1 Å². The van der Waals surface area contributed by atoms with Gasteiger partial charge in [-0.25, -0.2) is 4.68 Å². The summed E-state index contributed by atoms with van der Waals surface area (Å²) in [6.07, 6.45) is 1.66. The fourth-order valence-electron chi connectivity index (χ4n) is 2.44. The summed E-state index contributed by atoms with van der Waals surface area (Å²) < 4.78 is 1.54. The molecule has 2 N–H and O–H groups in total. The summed E-state index contributed by atoms with van der Waals surface area (Å²) in [7, 11) is 0. The lowest BCUT2D eigenvalue weighted by Gasteiger charge is -2.03. The fraction of sp³-hybridized carbons (Fsp3) is 0.0556. The number of amides is 1. The van der Waals surface area contributed by atoms with Gasteiger partial charge in [0.2, 0.25) is 5.82 Å². The van der Waals surface area contributed by atoms with Crippen molar-refractivity contribution in [3.63, 3.8) is 0 Å². The number of rotatable bonds is 5. The van der Waals surface area contributed by atoms with E-state index >= 15 is 0 Å². The lowest BCUT2D eigenvalue weighted by atomic mass is 10.2. The van der Waals surface area contributed by atoms with E-state index in [1.165, 1.54) is 16.9 Å². The molecule has 4 rings (SSSR count). The normalized spacial score (nSPS) is 10.7. The largest absolute Gasteiger partial charge is 0.508 e. The third-order valence-corrected chi connectivity index (χ3v) is 3.75. The van der Waals surface area contributed by atoms with Gasteiger partial charge < -0.3 is 10.4 Å². The second kappa shape index (κ2) is 7.08. The molecule has 134 valence electrons. The van der Waals surface area contributed by atoms with Crippen LogP contribution in [-0.2, 0) is 6.67 Å². The minimum absolute atomic E-state index is 0.132. The third kappa shape index (κ3) is 3.82. The van der Waals surface area contributed by atoms with E-state index in [4.69, 9.17) is 0 Å². The number of aromatic nitrogens is 6. The quantitative estimate of drug-likeness (QED) is 0.526. The summed E-state index contributed by atoms with van der Waals surface area (Å²) in [5.74, 6) is 0.302. The Balaban J connectivity index is 1.43. The number of carbonyl (C=O) groups is 1. The number of tetrazole rings is 1. The van der Waals surface area contributed by atoms with Gasteiger partial charge in [-0.2, -0.15) is 5.10 Å². The topological polar surface area (TPSA) is 111 Å². The average molecular weight is 361 g/mol. The van der Waals surface area contributed by atoms with Gasteiger partial charge in [0.05, 0.1) is 0 Å². The Hall–Kier alpha value is -4.01. The number of benzene rings is 2. The third-order valence-electron chi connectivity index (χ3n) is 3.75. The van der Waals surface area contributed by atoms with Gasteiger partial charge in [0.25, 0.3) is 5.91 Å². The monoisotopic (exact) mass is 361 g/mol. The minimum Gasteiger partial charge on any atom is -0.508 e. The number of carbonyl (C=O) groups excluding carboxylic acids is 1. The highest BCUT2D eigenvalue weighted by Crippen LogP contribution is 2.15. The molecule has 2 aromatic heterocycles. The molecule has 0 saturated heterocycles. The molecule has 0 unspecified atom stereocenters. The van der Waals surface area contributed by atoms with E-state index in [1.807, 2.05) is 30.3 Å². The number of hydrogen-bond donors (Lipinski definition) is 2. The standard InChI is InChI=1S/C18H15N7O2/c26-15-8-6-14(7-9-15)19-18(27)16-10-11-24(21-16)12-25-22-17(20-23-25)13-4-2-1-3-5-13/h1-11,26H,12H2,(H,19,27). The van der Waals surface area contributed by atoms with Crippen LogP contribution in [0.5, 0.6) is 5.75 Å². The molecule has 1 amide bonds. The van der Waals surface area contributed by atoms with Crippen LogP contribution in [0.4, 0.5) is 5.69 Å². The molecule has 0 bridgehead atoms. The van der Waals surface area contributed by atoms with Crippen LogP contribution in [0.15, 0.2) is 66.9 Å². The van der Waals surface area contributed by atoms with Gasteiger partial charge in [-0.3, -0.25) is 4.79 Å². The molecule has 0 aliphatic carbocycles. The van der Waals surface area contributed by atoms with E-state index in [9.17, 15) is 9.90 Å². The van der Waals surface area contributed by atoms with Crippen molar-refractivity contribution >= 4 is 11.6 Å². The molecular formula is C18H15N7O2. The van der Waals surface area contributed by atoms with Crippen LogP contribution in [0.2, 0.25) is 0 Å². The van der Waals surface area contributed by atoms with E-state index in [0.717, 1.165) is 5.56 Å². The van der Waals surface area contributed by atoms with Crippen molar-refractivity contribution in [1.29, 1.82) is 0 Å². The second-order valence-electron chi connectivity index (χ2n) is 5.73. The highest BCUT2D eigenvalue weighted by atomic mass is 16.3. The molecular weight excluding hydrogens is 346 g/mol. The lowest BCUT2D eigenvalue weighted by molar-refractivity contribution is 0.102. The maximum absolute atomic E-state index is 12.3. The number of hydrogen-bond acceptors (Lipinski definition) is 6. The highest BCUT2D eigenvalue weighted by Gasteiger charge is 2.11. The Labute approximate surface area is 153 Å². The molecule has 0 saturated carbocycles. The van der Waals surface area contributed by atoms with E-state index in [0.29, 0.717) is 11.5 Å². The van der Waals surface area contributed by atoms with Crippen LogP contribution < -0.4 is 5.32 Å². The zero-order chi connectivity index (χ0) is 18.6. The number of aromatic hydroxyl groups is 1. The zero-order valence-corrected chi connectivity index (χ0v) is 14.1. The van der Waals surface area contributed by atoms with Gasteiger partial charge in [0.1, 0.15) is 5.75 Å². The maximum atomic E-state index is 12.3. The number of nitrogens with zero attached hydrogens (tertiary/aromatic N) is 6. The van der Waals surface area contributed by atoms with Crippen LogP contribution in [0, 0.1) is 0 Å². The Morgan fingerprint density at radius 3 is 2.56 bits per heavy atom. The molecule has 0 spiro atoms. The van der Waals surface area contributed by atoms with Crippen LogP contribution in [0.3, 0.4) is 0 Å². The van der Waals surface area contributed by atoms with Crippen molar-refractivity contribution < 1.29 is 9.90 Å². The summed E-state index contributed by atoms with van der Waals surface area (Å²) in [5, 5.41) is 28.6. The predicted octanol–water partition coefficient (Wildman–Crippen LogP) is 2.00. The van der Waals surface area contributed by atoms with Gasteiger partial charge in [-0.05, 0) is 35.5 Å². The molecule has 0 fully saturated rings. The van der Waals surface area contributed by atoms with E-state index in [2.05, 4.69) is 25.8 Å². The zero-order valence-electron chi connectivity index (χ0n) is 14.1. The second-order valence-corrected chi connectivity index (χ2v) is 5.73. The van der Waals surface area contributed by atoms with Crippen molar-refractivity contribution in [2.75, 3.05) is 5.32 Å². The molecule has 2 aromatic carbocycles. The fourth-order valence-corrected chi connectivity index (χ4v) is 2.44. The molecule has 0 aliphatic rings. The molecule has 9 nitrogen and oxygen atoms in total. The summed E-state index contributed by atoms with van der Waals surface area (Å²) >= 11 is 0. The minimum atomic E-state index is -0.351. The van der Waals surface area contributed by atoms with Gasteiger partial charge in [0.15, 0.2) is 12.4 Å². The van der Waals surface area contributed by atoms with E-state index in [-0.39, 0.29) is 24.0 Å². The molecule has 0 radical (unpaired) electrons. The Kier molecular flexibility index (Phi) is 4.32. The van der Waals surface area contributed by atoms with Gasteiger partial charge in [-0.1, -0.05) is 30.3 Å². The number of phenols is 1. The smallest absolute Gasteiger partial charge is 0.276 e. The molecule has 2 heterocycles. The number of anilines is 1. The number of phenolic OH excluding ortho intramolecular Hbond substituents is 1. The Bertz CT molecular complexity index is 1050. The molecule has 0 atom stereocenters. The SMILES string of the molecule is O=C(Nc1ccc(O)cc1)c1ccn(Cn2nnc(-c3ccccc3)n2)n1. The summed E-state index contributed by atoms with van der Waals surface area (Å²) in [6.45, 7) is 0.228. The van der Waals surface area contributed by atoms with Crippen molar-refractivity contribution in [1.82, 2.24) is 30.0 Å². The van der Waals surface area contributed by atoms with E-state index < -0.39 is 0 Å². The maximum Gasteiger partial charge on any atom is 0.276 e. The lowest BCUT2D eigenvalue weighted by Crippen LogP contribution is -2.15. The van der Waals surface area contributed by atoms with Crippen LogP contribution in [-0.4, -0.2) is 41.0 Å². The first-order chi connectivity index (χ1) is 13.2.